The maximum Gasteiger partial charge on any atom is 0.165 e. The first-order valence-corrected chi connectivity index (χ1v) is 7.17. The number of benzene rings is 2. The zero-order valence-electron chi connectivity index (χ0n) is 11.8. The quantitative estimate of drug-likeness (QED) is 0.818. The number of nitrogens with zero attached hydrogens (tertiary/aromatic N) is 1. The maximum atomic E-state index is 12.1. The van der Waals surface area contributed by atoms with E-state index in [1.54, 1.807) is 0 Å². The van der Waals surface area contributed by atoms with E-state index in [1.165, 1.54) is 11.1 Å². The summed E-state index contributed by atoms with van der Waals surface area (Å²) in [4.78, 5) is 14.4. The molecule has 0 fully saturated rings. The minimum atomic E-state index is 0.270. The lowest BCUT2D eigenvalue weighted by Gasteiger charge is -2.24. The molecule has 20 heavy (non-hydrogen) atoms. The van der Waals surface area contributed by atoms with E-state index in [4.69, 9.17) is 0 Å². The Kier molecular flexibility index (Phi) is 3.55. The molecule has 102 valence electrons. The number of ketones is 1. The second-order valence-electron chi connectivity index (χ2n) is 5.45. The highest BCUT2D eigenvalue weighted by molar-refractivity contribution is 6.01. The predicted octanol–water partition coefficient (Wildman–Crippen LogP) is 3.98. The molecule has 0 N–H and O–H groups in total. The first-order chi connectivity index (χ1) is 9.74. The number of anilines is 1. The van der Waals surface area contributed by atoms with Gasteiger partial charge in [-0.15, -0.1) is 0 Å². The summed E-state index contributed by atoms with van der Waals surface area (Å²) in [5, 5.41) is 0. The molecule has 2 aromatic carbocycles. The summed E-state index contributed by atoms with van der Waals surface area (Å²) < 4.78 is 0. The van der Waals surface area contributed by atoms with Gasteiger partial charge in [-0.05, 0) is 31.0 Å². The summed E-state index contributed by atoms with van der Waals surface area (Å²) in [7, 11) is 0. The Labute approximate surface area is 120 Å². The number of carbonyl (C=O) groups is 1. The van der Waals surface area contributed by atoms with E-state index in [0.29, 0.717) is 6.42 Å². The maximum absolute atomic E-state index is 12.1. The van der Waals surface area contributed by atoms with Crippen LogP contribution in [0.1, 0.15) is 34.3 Å². The third kappa shape index (κ3) is 2.60. The average molecular weight is 265 g/mol. The molecule has 1 heterocycles. The van der Waals surface area contributed by atoms with Gasteiger partial charge < -0.3 is 4.90 Å². The van der Waals surface area contributed by atoms with Gasteiger partial charge in [-0.3, -0.25) is 4.79 Å². The molecule has 0 atom stereocenters. The van der Waals surface area contributed by atoms with Crippen molar-refractivity contribution >= 4 is 11.5 Å². The van der Waals surface area contributed by atoms with Gasteiger partial charge in [0.25, 0.3) is 0 Å². The van der Waals surface area contributed by atoms with Crippen molar-refractivity contribution in [3.63, 3.8) is 0 Å². The highest BCUT2D eigenvalue weighted by Crippen LogP contribution is 2.27. The molecular formula is C18H19NO. The van der Waals surface area contributed by atoms with E-state index >= 15 is 0 Å². The molecule has 0 bridgehead atoms. The fraction of sp³-hybridized carbons (Fsp3) is 0.278. The van der Waals surface area contributed by atoms with Crippen molar-refractivity contribution in [3.8, 4) is 0 Å². The molecule has 0 spiro atoms. The number of rotatable bonds is 2. The van der Waals surface area contributed by atoms with Crippen molar-refractivity contribution in [2.24, 2.45) is 0 Å². The van der Waals surface area contributed by atoms with Crippen LogP contribution in [0.3, 0.4) is 0 Å². The summed E-state index contributed by atoms with van der Waals surface area (Å²) in [5.41, 5.74) is 4.52. The highest BCUT2D eigenvalue weighted by Gasteiger charge is 2.20. The highest BCUT2D eigenvalue weighted by atomic mass is 16.1. The first kappa shape index (κ1) is 12.9. The summed E-state index contributed by atoms with van der Waals surface area (Å²) in [6.07, 6.45) is 1.58. The third-order valence-corrected chi connectivity index (χ3v) is 3.87. The molecule has 0 aliphatic carbocycles. The Morgan fingerprint density at radius 2 is 1.80 bits per heavy atom. The van der Waals surface area contributed by atoms with Gasteiger partial charge >= 0.3 is 0 Å². The van der Waals surface area contributed by atoms with Crippen LogP contribution in [0.4, 0.5) is 5.69 Å². The smallest absolute Gasteiger partial charge is 0.165 e. The van der Waals surface area contributed by atoms with E-state index < -0.39 is 0 Å². The van der Waals surface area contributed by atoms with Gasteiger partial charge in [0.1, 0.15) is 0 Å². The summed E-state index contributed by atoms with van der Waals surface area (Å²) in [6, 6.07) is 16.6. The SMILES string of the molecule is Cc1ccc(CN2CCCC(=O)c3ccccc32)cc1. The molecule has 3 rings (SSSR count). The van der Waals surface area contributed by atoms with Gasteiger partial charge in [0.2, 0.25) is 0 Å². The Balaban J connectivity index is 1.91. The van der Waals surface area contributed by atoms with Gasteiger partial charge in [0, 0.05) is 30.8 Å². The van der Waals surface area contributed by atoms with Gasteiger partial charge in [-0.2, -0.15) is 0 Å². The predicted molar refractivity (Wildman–Crippen MR) is 82.2 cm³/mol. The van der Waals surface area contributed by atoms with Crippen LogP contribution in [0.5, 0.6) is 0 Å². The van der Waals surface area contributed by atoms with Crippen LogP contribution in [0.15, 0.2) is 48.5 Å². The molecule has 0 saturated heterocycles. The van der Waals surface area contributed by atoms with Crippen molar-refractivity contribution in [2.45, 2.75) is 26.3 Å². The number of para-hydroxylation sites is 1. The van der Waals surface area contributed by atoms with Crippen LogP contribution in [-0.4, -0.2) is 12.3 Å². The van der Waals surface area contributed by atoms with E-state index in [-0.39, 0.29) is 5.78 Å². The van der Waals surface area contributed by atoms with Crippen LogP contribution < -0.4 is 4.90 Å². The molecule has 0 radical (unpaired) electrons. The molecule has 1 aliphatic heterocycles. The summed E-state index contributed by atoms with van der Waals surface area (Å²) >= 11 is 0. The Hall–Kier alpha value is -2.09. The van der Waals surface area contributed by atoms with E-state index in [9.17, 15) is 4.79 Å². The molecule has 0 amide bonds. The molecule has 1 aliphatic rings. The molecule has 0 unspecified atom stereocenters. The number of hydrogen-bond acceptors (Lipinski definition) is 2. The van der Waals surface area contributed by atoms with Crippen LogP contribution >= 0.6 is 0 Å². The van der Waals surface area contributed by atoms with Crippen LogP contribution in [0.25, 0.3) is 0 Å². The monoisotopic (exact) mass is 265 g/mol. The van der Waals surface area contributed by atoms with Crippen LogP contribution in [0, 0.1) is 6.92 Å². The largest absolute Gasteiger partial charge is 0.367 e. The van der Waals surface area contributed by atoms with Crippen molar-refractivity contribution in [1.82, 2.24) is 0 Å². The van der Waals surface area contributed by atoms with Crippen molar-refractivity contribution in [1.29, 1.82) is 0 Å². The number of Topliss-reactive ketones (excluding diaryl/α,β-unsaturated/α-hetero) is 1. The van der Waals surface area contributed by atoms with E-state index in [1.807, 2.05) is 18.2 Å². The Morgan fingerprint density at radius 3 is 2.60 bits per heavy atom. The molecule has 0 saturated carbocycles. The minimum Gasteiger partial charge on any atom is -0.367 e. The lowest BCUT2D eigenvalue weighted by atomic mass is 10.1. The summed E-state index contributed by atoms with van der Waals surface area (Å²) in [6.45, 7) is 3.91. The van der Waals surface area contributed by atoms with E-state index in [2.05, 4.69) is 42.2 Å². The van der Waals surface area contributed by atoms with Gasteiger partial charge in [0.15, 0.2) is 5.78 Å². The minimum absolute atomic E-state index is 0.270. The van der Waals surface area contributed by atoms with E-state index in [0.717, 1.165) is 30.8 Å². The third-order valence-electron chi connectivity index (χ3n) is 3.87. The lowest BCUT2D eigenvalue weighted by molar-refractivity contribution is 0.0984. The normalized spacial score (nSPS) is 14.8. The second-order valence-corrected chi connectivity index (χ2v) is 5.45. The number of carbonyl (C=O) groups excluding carboxylic acids is 1. The van der Waals surface area contributed by atoms with Gasteiger partial charge in [-0.1, -0.05) is 42.0 Å². The molecular weight excluding hydrogens is 246 g/mol. The van der Waals surface area contributed by atoms with Crippen molar-refractivity contribution in [3.05, 3.63) is 65.2 Å². The zero-order valence-corrected chi connectivity index (χ0v) is 11.8. The second kappa shape index (κ2) is 5.49. The Bertz CT molecular complexity index is 616. The first-order valence-electron chi connectivity index (χ1n) is 7.17. The zero-order chi connectivity index (χ0) is 13.9. The van der Waals surface area contributed by atoms with Gasteiger partial charge in [0.05, 0.1) is 0 Å². The average Bonchev–Trinajstić information content (AvgIpc) is 2.62. The fourth-order valence-corrected chi connectivity index (χ4v) is 2.75. The molecule has 2 nitrogen and oxygen atoms in total. The lowest BCUT2D eigenvalue weighted by Crippen LogP contribution is -2.23. The van der Waals surface area contributed by atoms with Crippen LogP contribution in [-0.2, 0) is 6.54 Å². The van der Waals surface area contributed by atoms with Crippen molar-refractivity contribution < 1.29 is 4.79 Å². The number of hydrogen-bond donors (Lipinski definition) is 0. The summed E-state index contributed by atoms with van der Waals surface area (Å²) in [5.74, 6) is 0.270. The molecule has 2 heteroatoms. The topological polar surface area (TPSA) is 20.3 Å². The number of aryl methyl sites for hydroxylation is 1. The van der Waals surface area contributed by atoms with Crippen molar-refractivity contribution in [2.75, 3.05) is 11.4 Å². The number of fused-ring (bicyclic) bond motifs is 1. The standard InChI is InChI=1S/C18H19NO/c1-14-8-10-15(11-9-14)13-19-12-4-7-18(20)16-5-2-3-6-17(16)19/h2-3,5-6,8-11H,4,7,12-13H2,1H3. The molecule has 0 aromatic heterocycles. The van der Waals surface area contributed by atoms with Crippen LogP contribution in [0.2, 0.25) is 0 Å². The Morgan fingerprint density at radius 1 is 1.05 bits per heavy atom. The molecule has 2 aromatic rings. The fourth-order valence-electron chi connectivity index (χ4n) is 2.75. The van der Waals surface area contributed by atoms with Gasteiger partial charge in [-0.25, -0.2) is 0 Å².